The predicted octanol–water partition coefficient (Wildman–Crippen LogP) is 1.26. The van der Waals surface area contributed by atoms with E-state index in [1.807, 2.05) is 6.07 Å². The molecule has 0 aliphatic heterocycles. The molecular weight excluding hydrogens is 258 g/mol. The average molecular weight is 275 g/mol. The lowest BCUT2D eigenvalue weighted by molar-refractivity contribution is 0.0948. The summed E-state index contributed by atoms with van der Waals surface area (Å²) in [5.74, 6) is 0.281. The second-order valence-corrected chi connectivity index (χ2v) is 4.20. The van der Waals surface area contributed by atoms with Crippen LogP contribution in [-0.2, 0) is 6.42 Å². The highest BCUT2D eigenvalue weighted by Crippen LogP contribution is 2.06. The molecule has 0 aliphatic rings. The SMILES string of the molecule is CCCNc1ccc(C(=O)NCCc2ncno2)nc1. The summed E-state index contributed by atoms with van der Waals surface area (Å²) in [6.07, 6.45) is 4.53. The Hall–Kier alpha value is -2.44. The van der Waals surface area contributed by atoms with E-state index in [2.05, 4.69) is 32.7 Å². The second-order valence-electron chi connectivity index (χ2n) is 4.20. The smallest absolute Gasteiger partial charge is 0.269 e. The van der Waals surface area contributed by atoms with Gasteiger partial charge in [0.15, 0.2) is 6.33 Å². The van der Waals surface area contributed by atoms with E-state index < -0.39 is 0 Å². The fourth-order valence-electron chi connectivity index (χ4n) is 1.58. The number of nitrogens with zero attached hydrogens (tertiary/aromatic N) is 3. The second kappa shape index (κ2) is 7.22. The molecule has 0 aromatic carbocycles. The number of pyridine rings is 1. The Labute approximate surface area is 116 Å². The number of amides is 1. The van der Waals surface area contributed by atoms with Gasteiger partial charge >= 0.3 is 0 Å². The number of anilines is 1. The van der Waals surface area contributed by atoms with Crippen LogP contribution in [-0.4, -0.2) is 34.1 Å². The molecule has 0 unspecified atom stereocenters. The van der Waals surface area contributed by atoms with Crippen LogP contribution in [0.1, 0.15) is 29.7 Å². The van der Waals surface area contributed by atoms with Crippen LogP contribution < -0.4 is 10.6 Å². The molecule has 0 fully saturated rings. The number of aromatic nitrogens is 3. The quantitative estimate of drug-likeness (QED) is 0.790. The van der Waals surface area contributed by atoms with Crippen molar-refractivity contribution in [3.63, 3.8) is 0 Å². The van der Waals surface area contributed by atoms with Gasteiger partial charge in [-0.15, -0.1) is 0 Å². The maximum Gasteiger partial charge on any atom is 0.269 e. The molecule has 0 atom stereocenters. The molecule has 0 bridgehead atoms. The van der Waals surface area contributed by atoms with Crippen molar-refractivity contribution < 1.29 is 9.32 Å². The van der Waals surface area contributed by atoms with Gasteiger partial charge in [0, 0.05) is 19.5 Å². The Morgan fingerprint density at radius 2 is 2.20 bits per heavy atom. The van der Waals surface area contributed by atoms with Gasteiger partial charge in [0.25, 0.3) is 5.91 Å². The maximum atomic E-state index is 11.8. The van der Waals surface area contributed by atoms with Crippen LogP contribution in [0.3, 0.4) is 0 Å². The van der Waals surface area contributed by atoms with Gasteiger partial charge in [0.2, 0.25) is 5.89 Å². The van der Waals surface area contributed by atoms with Crippen LogP contribution >= 0.6 is 0 Å². The summed E-state index contributed by atoms with van der Waals surface area (Å²) in [6.45, 7) is 3.40. The van der Waals surface area contributed by atoms with E-state index in [1.165, 1.54) is 6.33 Å². The number of nitrogens with one attached hydrogen (secondary N) is 2. The van der Waals surface area contributed by atoms with Crippen LogP contribution in [0.15, 0.2) is 29.2 Å². The molecule has 20 heavy (non-hydrogen) atoms. The number of hydrogen-bond donors (Lipinski definition) is 2. The minimum absolute atomic E-state index is 0.216. The summed E-state index contributed by atoms with van der Waals surface area (Å²) >= 11 is 0. The van der Waals surface area contributed by atoms with E-state index in [9.17, 15) is 4.79 Å². The molecule has 7 nitrogen and oxygen atoms in total. The minimum Gasteiger partial charge on any atom is -0.384 e. The third-order valence-electron chi connectivity index (χ3n) is 2.61. The van der Waals surface area contributed by atoms with E-state index in [1.54, 1.807) is 12.3 Å². The highest BCUT2D eigenvalue weighted by atomic mass is 16.5. The summed E-state index contributed by atoms with van der Waals surface area (Å²) in [5.41, 5.74) is 1.30. The highest BCUT2D eigenvalue weighted by Gasteiger charge is 2.07. The van der Waals surface area contributed by atoms with Crippen molar-refractivity contribution in [3.8, 4) is 0 Å². The van der Waals surface area contributed by atoms with E-state index in [-0.39, 0.29) is 5.91 Å². The third-order valence-corrected chi connectivity index (χ3v) is 2.61. The Morgan fingerprint density at radius 1 is 1.30 bits per heavy atom. The number of carbonyl (C=O) groups excluding carboxylic acids is 1. The minimum atomic E-state index is -0.216. The van der Waals surface area contributed by atoms with E-state index in [4.69, 9.17) is 4.52 Å². The van der Waals surface area contributed by atoms with Gasteiger partial charge in [0.1, 0.15) is 5.69 Å². The van der Waals surface area contributed by atoms with Crippen LogP contribution in [0.4, 0.5) is 5.69 Å². The summed E-state index contributed by atoms with van der Waals surface area (Å²) in [6, 6.07) is 3.54. The van der Waals surface area contributed by atoms with Crippen molar-refractivity contribution in [2.45, 2.75) is 19.8 Å². The molecule has 0 spiro atoms. The lowest BCUT2D eigenvalue weighted by Crippen LogP contribution is -2.26. The molecule has 0 aliphatic carbocycles. The lowest BCUT2D eigenvalue weighted by atomic mass is 10.3. The van der Waals surface area contributed by atoms with Gasteiger partial charge < -0.3 is 15.2 Å². The molecule has 2 N–H and O–H groups in total. The van der Waals surface area contributed by atoms with Crippen LogP contribution in [0.2, 0.25) is 0 Å². The Balaban J connectivity index is 1.79. The molecule has 2 aromatic rings. The summed E-state index contributed by atoms with van der Waals surface area (Å²) in [5, 5.41) is 9.44. The van der Waals surface area contributed by atoms with Gasteiger partial charge in [-0.2, -0.15) is 4.98 Å². The zero-order chi connectivity index (χ0) is 14.2. The topological polar surface area (TPSA) is 92.9 Å². The molecule has 0 radical (unpaired) electrons. The van der Waals surface area contributed by atoms with Gasteiger partial charge in [-0.1, -0.05) is 12.1 Å². The van der Waals surface area contributed by atoms with Crippen molar-refractivity contribution in [1.29, 1.82) is 0 Å². The first kappa shape index (κ1) is 14.0. The molecule has 2 aromatic heterocycles. The zero-order valence-electron chi connectivity index (χ0n) is 11.3. The van der Waals surface area contributed by atoms with Crippen LogP contribution in [0.5, 0.6) is 0 Å². The molecule has 2 heterocycles. The predicted molar refractivity (Wildman–Crippen MR) is 73.4 cm³/mol. The third kappa shape index (κ3) is 4.04. The standard InChI is InChI=1S/C13H17N5O2/c1-2-6-14-10-3-4-11(16-8-10)13(19)15-7-5-12-17-9-18-20-12/h3-4,8-9,14H,2,5-7H2,1H3,(H,15,19). The monoisotopic (exact) mass is 275 g/mol. The van der Waals surface area contributed by atoms with Gasteiger partial charge in [-0.25, -0.2) is 4.98 Å². The number of rotatable bonds is 7. The summed E-state index contributed by atoms with van der Waals surface area (Å²) < 4.78 is 4.84. The Kier molecular flexibility index (Phi) is 5.05. The molecule has 2 rings (SSSR count). The molecular formula is C13H17N5O2. The first-order valence-corrected chi connectivity index (χ1v) is 6.53. The van der Waals surface area contributed by atoms with Crippen molar-refractivity contribution >= 4 is 11.6 Å². The van der Waals surface area contributed by atoms with Gasteiger partial charge in [-0.3, -0.25) is 4.79 Å². The molecule has 1 amide bonds. The van der Waals surface area contributed by atoms with E-state index >= 15 is 0 Å². The fraction of sp³-hybridized carbons (Fsp3) is 0.385. The van der Waals surface area contributed by atoms with Crippen molar-refractivity contribution in [2.24, 2.45) is 0 Å². The summed E-state index contributed by atoms with van der Waals surface area (Å²) in [4.78, 5) is 19.8. The normalized spacial score (nSPS) is 10.2. The van der Waals surface area contributed by atoms with Gasteiger partial charge in [-0.05, 0) is 18.6 Å². The Morgan fingerprint density at radius 3 is 2.85 bits per heavy atom. The average Bonchev–Trinajstić information content (AvgIpc) is 2.99. The molecule has 7 heteroatoms. The lowest BCUT2D eigenvalue weighted by Gasteiger charge is -2.06. The number of hydrogen-bond acceptors (Lipinski definition) is 6. The molecule has 106 valence electrons. The first-order chi connectivity index (χ1) is 9.79. The molecule has 0 saturated heterocycles. The van der Waals surface area contributed by atoms with E-state index in [0.29, 0.717) is 24.6 Å². The first-order valence-electron chi connectivity index (χ1n) is 6.53. The van der Waals surface area contributed by atoms with Crippen molar-refractivity contribution in [1.82, 2.24) is 20.4 Å². The fourth-order valence-corrected chi connectivity index (χ4v) is 1.58. The highest BCUT2D eigenvalue weighted by molar-refractivity contribution is 5.92. The largest absolute Gasteiger partial charge is 0.384 e. The number of carbonyl (C=O) groups is 1. The van der Waals surface area contributed by atoms with Crippen molar-refractivity contribution in [2.75, 3.05) is 18.4 Å². The molecule has 0 saturated carbocycles. The van der Waals surface area contributed by atoms with Crippen molar-refractivity contribution in [3.05, 3.63) is 36.2 Å². The Bertz CT molecular complexity index is 524. The zero-order valence-corrected chi connectivity index (χ0v) is 11.3. The van der Waals surface area contributed by atoms with Crippen LogP contribution in [0.25, 0.3) is 0 Å². The van der Waals surface area contributed by atoms with Crippen LogP contribution in [0, 0.1) is 0 Å². The maximum absolute atomic E-state index is 11.8. The van der Waals surface area contributed by atoms with Gasteiger partial charge in [0.05, 0.1) is 11.9 Å². The van der Waals surface area contributed by atoms with E-state index in [0.717, 1.165) is 18.7 Å². The summed E-state index contributed by atoms with van der Waals surface area (Å²) in [7, 11) is 0.